The molecule has 0 radical (unpaired) electrons. The van der Waals surface area contributed by atoms with Gasteiger partial charge in [-0.1, -0.05) is 6.07 Å². The number of halogens is 1. The van der Waals surface area contributed by atoms with Gasteiger partial charge in [0.2, 0.25) is 0 Å². The van der Waals surface area contributed by atoms with Crippen molar-refractivity contribution in [2.24, 2.45) is 0 Å². The molecule has 0 aliphatic carbocycles. The Bertz CT molecular complexity index is 327. The molecule has 0 aromatic heterocycles. The average Bonchev–Trinajstić information content (AvgIpc) is 2.18. The van der Waals surface area contributed by atoms with E-state index in [0.29, 0.717) is 19.0 Å². The van der Waals surface area contributed by atoms with E-state index in [1.165, 1.54) is 6.07 Å². The van der Waals surface area contributed by atoms with Crippen LogP contribution in [-0.2, 0) is 4.74 Å². The summed E-state index contributed by atoms with van der Waals surface area (Å²) in [6.45, 7) is 0.762. The molecule has 0 saturated carbocycles. The van der Waals surface area contributed by atoms with Crippen molar-refractivity contribution >= 4 is 0 Å². The van der Waals surface area contributed by atoms with Crippen LogP contribution < -0.4 is 9.47 Å². The summed E-state index contributed by atoms with van der Waals surface area (Å²) in [5.41, 5.74) is 0. The summed E-state index contributed by atoms with van der Waals surface area (Å²) in [5, 5.41) is 0. The summed E-state index contributed by atoms with van der Waals surface area (Å²) >= 11 is 0. The lowest BCUT2D eigenvalue weighted by Crippen LogP contribution is -2.33. The first-order chi connectivity index (χ1) is 6.81. The summed E-state index contributed by atoms with van der Waals surface area (Å²) < 4.78 is 28.8. The van der Waals surface area contributed by atoms with E-state index < -0.39 is 5.82 Å². The Labute approximate surface area is 81.4 Å². The maximum absolute atomic E-state index is 13.1. The van der Waals surface area contributed by atoms with Crippen molar-refractivity contribution in [3.63, 3.8) is 0 Å². The van der Waals surface area contributed by atoms with Gasteiger partial charge in [0.1, 0.15) is 6.61 Å². The number of ether oxygens (including phenoxy) is 3. The number of rotatable bonds is 2. The van der Waals surface area contributed by atoms with E-state index in [0.717, 1.165) is 0 Å². The third-order valence-electron chi connectivity index (χ3n) is 1.99. The number of fused-ring (bicyclic) bond motifs is 1. The number of hydrogen-bond donors (Lipinski definition) is 0. The van der Waals surface area contributed by atoms with Crippen LogP contribution in [0.15, 0.2) is 18.2 Å². The van der Waals surface area contributed by atoms with E-state index in [4.69, 9.17) is 14.2 Å². The molecular formula is C10H11FO3. The SMILES string of the molecule is COC[C@@H]1COc2c(F)cccc2O1. The highest BCUT2D eigenvalue weighted by Gasteiger charge is 2.23. The van der Waals surface area contributed by atoms with Gasteiger partial charge < -0.3 is 14.2 Å². The monoisotopic (exact) mass is 198 g/mol. The number of para-hydroxylation sites is 1. The molecular weight excluding hydrogens is 187 g/mol. The van der Waals surface area contributed by atoms with Crippen molar-refractivity contribution in [2.45, 2.75) is 6.10 Å². The summed E-state index contributed by atoms with van der Waals surface area (Å²) in [7, 11) is 1.59. The van der Waals surface area contributed by atoms with E-state index in [2.05, 4.69) is 0 Å². The van der Waals surface area contributed by atoms with E-state index in [1.54, 1.807) is 19.2 Å². The number of benzene rings is 1. The Morgan fingerprint density at radius 3 is 3.21 bits per heavy atom. The molecule has 0 fully saturated rings. The van der Waals surface area contributed by atoms with Crippen LogP contribution in [0.5, 0.6) is 11.5 Å². The molecule has 0 N–H and O–H groups in total. The lowest BCUT2D eigenvalue weighted by atomic mass is 10.2. The molecule has 0 spiro atoms. The second kappa shape index (κ2) is 3.84. The topological polar surface area (TPSA) is 27.7 Å². The van der Waals surface area contributed by atoms with E-state index >= 15 is 0 Å². The van der Waals surface area contributed by atoms with Gasteiger partial charge in [0, 0.05) is 7.11 Å². The van der Waals surface area contributed by atoms with Crippen LogP contribution >= 0.6 is 0 Å². The standard InChI is InChI=1S/C10H11FO3/c1-12-5-7-6-13-10-8(11)3-2-4-9(10)14-7/h2-4,7H,5-6H2,1H3/t7-/m1/s1. The van der Waals surface area contributed by atoms with Crippen LogP contribution in [0.25, 0.3) is 0 Å². The van der Waals surface area contributed by atoms with Crippen molar-refractivity contribution in [1.29, 1.82) is 0 Å². The Morgan fingerprint density at radius 2 is 2.43 bits per heavy atom. The van der Waals surface area contributed by atoms with Crippen molar-refractivity contribution in [3.8, 4) is 11.5 Å². The van der Waals surface area contributed by atoms with Crippen molar-refractivity contribution in [2.75, 3.05) is 20.3 Å². The molecule has 76 valence electrons. The van der Waals surface area contributed by atoms with Gasteiger partial charge in [-0.25, -0.2) is 4.39 Å². The molecule has 1 aromatic rings. The lowest BCUT2D eigenvalue weighted by molar-refractivity contribution is 0.0250. The lowest BCUT2D eigenvalue weighted by Gasteiger charge is -2.25. The molecule has 1 aliphatic rings. The first kappa shape index (κ1) is 9.27. The minimum Gasteiger partial charge on any atom is -0.483 e. The van der Waals surface area contributed by atoms with Gasteiger partial charge in [0.15, 0.2) is 23.4 Å². The van der Waals surface area contributed by atoms with Crippen molar-refractivity contribution in [3.05, 3.63) is 24.0 Å². The molecule has 0 amide bonds. The first-order valence-corrected chi connectivity index (χ1v) is 4.38. The second-order valence-electron chi connectivity index (χ2n) is 3.07. The predicted octanol–water partition coefficient (Wildman–Crippen LogP) is 1.61. The minimum atomic E-state index is -0.390. The third-order valence-corrected chi connectivity index (χ3v) is 1.99. The minimum absolute atomic E-state index is 0.158. The van der Waals surface area contributed by atoms with Crippen LogP contribution in [0.4, 0.5) is 4.39 Å². The quantitative estimate of drug-likeness (QED) is 0.722. The molecule has 0 bridgehead atoms. The van der Waals surface area contributed by atoms with Gasteiger partial charge in [-0.05, 0) is 12.1 Å². The Hall–Kier alpha value is -1.29. The number of hydrogen-bond acceptors (Lipinski definition) is 3. The zero-order valence-electron chi connectivity index (χ0n) is 7.83. The fourth-order valence-corrected chi connectivity index (χ4v) is 1.38. The Morgan fingerprint density at radius 1 is 1.57 bits per heavy atom. The van der Waals surface area contributed by atoms with Crippen molar-refractivity contribution in [1.82, 2.24) is 0 Å². The van der Waals surface area contributed by atoms with E-state index in [1.807, 2.05) is 0 Å². The highest BCUT2D eigenvalue weighted by atomic mass is 19.1. The molecule has 4 heteroatoms. The molecule has 0 unspecified atom stereocenters. The molecule has 1 heterocycles. The van der Waals surface area contributed by atoms with Crippen molar-refractivity contribution < 1.29 is 18.6 Å². The fourth-order valence-electron chi connectivity index (χ4n) is 1.38. The first-order valence-electron chi connectivity index (χ1n) is 4.38. The van der Waals surface area contributed by atoms with Gasteiger partial charge in [-0.15, -0.1) is 0 Å². The van der Waals surface area contributed by atoms with E-state index in [9.17, 15) is 4.39 Å². The van der Waals surface area contributed by atoms with E-state index in [-0.39, 0.29) is 11.9 Å². The summed E-state index contributed by atoms with van der Waals surface area (Å²) in [5.74, 6) is 0.247. The summed E-state index contributed by atoms with van der Waals surface area (Å²) in [6.07, 6.45) is -0.158. The number of methoxy groups -OCH3 is 1. The summed E-state index contributed by atoms with van der Waals surface area (Å²) in [4.78, 5) is 0. The molecule has 0 saturated heterocycles. The van der Waals surface area contributed by atoms with Crippen LogP contribution in [0.2, 0.25) is 0 Å². The fraction of sp³-hybridized carbons (Fsp3) is 0.400. The maximum Gasteiger partial charge on any atom is 0.197 e. The molecule has 1 atom stereocenters. The van der Waals surface area contributed by atoms with Crippen LogP contribution in [0.1, 0.15) is 0 Å². The normalized spacial score (nSPS) is 19.4. The van der Waals surface area contributed by atoms with Gasteiger partial charge in [-0.3, -0.25) is 0 Å². The molecule has 3 nitrogen and oxygen atoms in total. The van der Waals surface area contributed by atoms with Crippen LogP contribution in [0, 0.1) is 5.82 Å². The highest BCUT2D eigenvalue weighted by molar-refractivity contribution is 5.42. The predicted molar refractivity (Wildman–Crippen MR) is 48.2 cm³/mol. The second-order valence-corrected chi connectivity index (χ2v) is 3.07. The van der Waals surface area contributed by atoms with Crippen LogP contribution in [-0.4, -0.2) is 26.4 Å². The van der Waals surface area contributed by atoms with Gasteiger partial charge in [0.05, 0.1) is 6.61 Å². The average molecular weight is 198 g/mol. The largest absolute Gasteiger partial charge is 0.483 e. The van der Waals surface area contributed by atoms with Gasteiger partial charge >= 0.3 is 0 Å². The Kier molecular flexibility index (Phi) is 2.54. The molecule has 1 aromatic carbocycles. The highest BCUT2D eigenvalue weighted by Crippen LogP contribution is 2.33. The van der Waals surface area contributed by atoms with Crippen LogP contribution in [0.3, 0.4) is 0 Å². The smallest absolute Gasteiger partial charge is 0.197 e. The molecule has 1 aliphatic heterocycles. The Balaban J connectivity index is 2.18. The summed E-state index contributed by atoms with van der Waals surface area (Å²) in [6, 6.07) is 4.62. The zero-order valence-corrected chi connectivity index (χ0v) is 7.83. The zero-order chi connectivity index (χ0) is 9.97. The molecule has 2 rings (SSSR count). The van der Waals surface area contributed by atoms with Gasteiger partial charge in [0.25, 0.3) is 0 Å². The molecule has 14 heavy (non-hydrogen) atoms. The maximum atomic E-state index is 13.1. The third kappa shape index (κ3) is 1.65. The van der Waals surface area contributed by atoms with Gasteiger partial charge in [-0.2, -0.15) is 0 Å².